The number of benzene rings is 1. The van der Waals surface area contributed by atoms with E-state index in [4.69, 9.17) is 13.9 Å². The Morgan fingerprint density at radius 1 is 1.04 bits per heavy atom. The van der Waals surface area contributed by atoms with Crippen LogP contribution in [0, 0.1) is 13.8 Å². The van der Waals surface area contributed by atoms with Crippen molar-refractivity contribution in [1.29, 1.82) is 0 Å². The first kappa shape index (κ1) is 15.3. The highest BCUT2D eigenvalue weighted by Gasteiger charge is 2.15. The Balaban J connectivity index is 1.86. The minimum Gasteiger partial charge on any atom is -0.497 e. The summed E-state index contributed by atoms with van der Waals surface area (Å²) in [5, 5.41) is 12.1. The predicted octanol–water partition coefficient (Wildman–Crippen LogP) is 3.57. The molecule has 0 fully saturated rings. The maximum absolute atomic E-state index is 5.67. The van der Waals surface area contributed by atoms with Crippen molar-refractivity contribution in [3.8, 4) is 22.3 Å². The summed E-state index contributed by atoms with van der Waals surface area (Å²) in [6.07, 6.45) is 0. The van der Waals surface area contributed by atoms with E-state index >= 15 is 0 Å². The summed E-state index contributed by atoms with van der Waals surface area (Å²) in [5.41, 5.74) is 1.61. The minimum absolute atomic E-state index is 0.292. The molecule has 0 aliphatic rings. The molecule has 8 heteroatoms. The number of hydrogen-bond acceptors (Lipinski definition) is 8. The topological polar surface area (TPSA) is 82.3 Å². The molecule has 1 aromatic carbocycles. The van der Waals surface area contributed by atoms with Crippen LogP contribution in [0.4, 0.5) is 11.7 Å². The summed E-state index contributed by atoms with van der Waals surface area (Å²) in [4.78, 5) is 5.24. The van der Waals surface area contributed by atoms with Crippen LogP contribution in [0.1, 0.15) is 10.7 Å². The smallest absolute Gasteiger partial charge is 0.320 e. The number of hydrogen-bond donors (Lipinski definition) is 1. The molecule has 0 spiro atoms. The summed E-state index contributed by atoms with van der Waals surface area (Å²) in [6.45, 7) is 3.86. The van der Waals surface area contributed by atoms with Crippen molar-refractivity contribution in [2.45, 2.75) is 13.8 Å². The average molecular weight is 332 g/mol. The molecule has 0 radical (unpaired) electrons. The average Bonchev–Trinajstić information content (AvgIpc) is 3.12. The number of nitrogens with zero attached hydrogens (tertiary/aromatic N) is 3. The number of ether oxygens (including phenoxy) is 2. The molecule has 0 atom stereocenters. The van der Waals surface area contributed by atoms with E-state index in [9.17, 15) is 0 Å². The van der Waals surface area contributed by atoms with E-state index in [0.717, 1.165) is 21.3 Å². The largest absolute Gasteiger partial charge is 0.497 e. The monoisotopic (exact) mass is 332 g/mol. The minimum atomic E-state index is 0.292. The van der Waals surface area contributed by atoms with Gasteiger partial charge in [0.2, 0.25) is 0 Å². The van der Waals surface area contributed by atoms with Crippen LogP contribution in [-0.4, -0.2) is 29.4 Å². The first-order valence-corrected chi connectivity index (χ1v) is 7.68. The van der Waals surface area contributed by atoms with Gasteiger partial charge in [0.15, 0.2) is 0 Å². The van der Waals surface area contributed by atoms with Crippen LogP contribution in [0.5, 0.6) is 11.5 Å². The zero-order chi connectivity index (χ0) is 16.4. The standard InChI is InChI=1S/C15H16N4O3S/c1-8-13(23-9(2)16-8)14-18-19-15(22-14)17-10-5-11(20-3)7-12(6-10)21-4/h5-7H,1-4H3,(H,17,19). The number of rotatable bonds is 5. The third kappa shape index (κ3) is 3.26. The second kappa shape index (κ2) is 6.25. The molecule has 23 heavy (non-hydrogen) atoms. The van der Waals surface area contributed by atoms with Gasteiger partial charge in [-0.1, -0.05) is 5.10 Å². The van der Waals surface area contributed by atoms with Crippen LogP contribution in [-0.2, 0) is 0 Å². The van der Waals surface area contributed by atoms with E-state index in [1.54, 1.807) is 20.3 Å². The highest BCUT2D eigenvalue weighted by molar-refractivity contribution is 7.15. The molecule has 3 aromatic rings. The molecule has 0 saturated heterocycles. The summed E-state index contributed by atoms with van der Waals surface area (Å²) >= 11 is 1.52. The Kier molecular flexibility index (Phi) is 4.16. The van der Waals surface area contributed by atoms with Crippen LogP contribution < -0.4 is 14.8 Å². The number of methoxy groups -OCH3 is 2. The van der Waals surface area contributed by atoms with Crippen molar-refractivity contribution in [2.24, 2.45) is 0 Å². The van der Waals surface area contributed by atoms with E-state index < -0.39 is 0 Å². The number of nitrogens with one attached hydrogen (secondary N) is 1. The van der Waals surface area contributed by atoms with Gasteiger partial charge in [0.1, 0.15) is 16.4 Å². The van der Waals surface area contributed by atoms with Gasteiger partial charge in [-0.25, -0.2) is 4.98 Å². The molecule has 3 rings (SSSR count). The number of aryl methyl sites for hydroxylation is 2. The lowest BCUT2D eigenvalue weighted by molar-refractivity contribution is 0.394. The Labute approximate surface area is 137 Å². The second-order valence-corrected chi connectivity index (χ2v) is 5.99. The fourth-order valence-corrected chi connectivity index (χ4v) is 2.94. The lowest BCUT2D eigenvalue weighted by atomic mass is 10.3. The SMILES string of the molecule is COc1cc(Nc2nnc(-c3sc(C)nc3C)o2)cc(OC)c1. The molecule has 0 bridgehead atoms. The predicted molar refractivity (Wildman–Crippen MR) is 87.7 cm³/mol. The first-order valence-electron chi connectivity index (χ1n) is 6.87. The molecule has 0 amide bonds. The van der Waals surface area contributed by atoms with Gasteiger partial charge in [-0.2, -0.15) is 0 Å². The third-order valence-electron chi connectivity index (χ3n) is 3.13. The van der Waals surface area contributed by atoms with E-state index in [-0.39, 0.29) is 0 Å². The molecule has 0 aliphatic carbocycles. The first-order chi connectivity index (χ1) is 11.1. The van der Waals surface area contributed by atoms with Crippen LogP contribution >= 0.6 is 11.3 Å². The van der Waals surface area contributed by atoms with Crippen molar-refractivity contribution in [2.75, 3.05) is 19.5 Å². The van der Waals surface area contributed by atoms with E-state index in [2.05, 4.69) is 20.5 Å². The highest BCUT2D eigenvalue weighted by atomic mass is 32.1. The number of thiazole rings is 1. The summed E-state index contributed by atoms with van der Waals surface area (Å²) in [7, 11) is 3.19. The van der Waals surface area contributed by atoms with Gasteiger partial charge in [0.25, 0.3) is 5.89 Å². The van der Waals surface area contributed by atoms with Crippen molar-refractivity contribution in [3.63, 3.8) is 0 Å². The molecule has 0 saturated carbocycles. The molecule has 1 N–H and O–H groups in total. The van der Waals surface area contributed by atoms with Gasteiger partial charge in [0.05, 0.1) is 24.9 Å². The summed E-state index contributed by atoms with van der Waals surface area (Å²) < 4.78 is 16.1. The van der Waals surface area contributed by atoms with Gasteiger partial charge in [-0.3, -0.25) is 0 Å². The molecule has 0 aliphatic heterocycles. The van der Waals surface area contributed by atoms with Crippen molar-refractivity contribution < 1.29 is 13.9 Å². The van der Waals surface area contributed by atoms with Crippen LogP contribution in [0.15, 0.2) is 22.6 Å². The van der Waals surface area contributed by atoms with Crippen molar-refractivity contribution in [1.82, 2.24) is 15.2 Å². The lowest BCUT2D eigenvalue weighted by Gasteiger charge is -2.08. The summed E-state index contributed by atoms with van der Waals surface area (Å²) in [6, 6.07) is 5.71. The fraction of sp³-hybridized carbons (Fsp3) is 0.267. The van der Waals surface area contributed by atoms with Crippen molar-refractivity contribution >= 4 is 23.0 Å². The zero-order valence-corrected chi connectivity index (χ0v) is 14.0. The highest BCUT2D eigenvalue weighted by Crippen LogP contribution is 2.31. The van der Waals surface area contributed by atoms with Gasteiger partial charge < -0.3 is 19.2 Å². The normalized spacial score (nSPS) is 10.6. The van der Waals surface area contributed by atoms with Gasteiger partial charge in [0, 0.05) is 23.9 Å². The molecule has 7 nitrogen and oxygen atoms in total. The van der Waals surface area contributed by atoms with Gasteiger partial charge in [-0.15, -0.1) is 16.4 Å². The molecular weight excluding hydrogens is 316 g/mol. The number of anilines is 2. The van der Waals surface area contributed by atoms with E-state index in [0.29, 0.717) is 23.4 Å². The Morgan fingerprint density at radius 2 is 1.74 bits per heavy atom. The van der Waals surface area contributed by atoms with Gasteiger partial charge in [-0.05, 0) is 13.8 Å². The molecule has 2 aromatic heterocycles. The number of aromatic nitrogens is 3. The molecule has 120 valence electrons. The zero-order valence-electron chi connectivity index (χ0n) is 13.2. The Bertz CT molecular complexity index is 806. The van der Waals surface area contributed by atoms with E-state index in [1.165, 1.54) is 11.3 Å². The summed E-state index contributed by atoms with van der Waals surface area (Å²) in [5.74, 6) is 1.78. The fourth-order valence-electron chi connectivity index (χ4n) is 2.10. The Morgan fingerprint density at radius 3 is 2.30 bits per heavy atom. The van der Waals surface area contributed by atoms with Crippen LogP contribution in [0.3, 0.4) is 0 Å². The maximum atomic E-state index is 5.67. The second-order valence-electron chi connectivity index (χ2n) is 4.79. The molecule has 2 heterocycles. The quantitative estimate of drug-likeness (QED) is 0.764. The maximum Gasteiger partial charge on any atom is 0.320 e. The van der Waals surface area contributed by atoms with E-state index in [1.807, 2.05) is 26.0 Å². The van der Waals surface area contributed by atoms with Gasteiger partial charge >= 0.3 is 6.01 Å². The molecular formula is C15H16N4O3S. The molecule has 0 unspecified atom stereocenters. The van der Waals surface area contributed by atoms with Crippen LogP contribution in [0.25, 0.3) is 10.8 Å². The lowest BCUT2D eigenvalue weighted by Crippen LogP contribution is -1.93. The third-order valence-corrected chi connectivity index (χ3v) is 4.19. The Hall–Kier alpha value is -2.61. The van der Waals surface area contributed by atoms with Crippen LogP contribution in [0.2, 0.25) is 0 Å². The van der Waals surface area contributed by atoms with Crippen molar-refractivity contribution in [3.05, 3.63) is 28.9 Å².